The molecule has 20 heavy (non-hydrogen) atoms. The number of anilines is 2. The molecule has 0 saturated heterocycles. The number of halogens is 1. The normalized spacial score (nSPS) is 12.9. The highest BCUT2D eigenvalue weighted by molar-refractivity contribution is 7.99. The first-order chi connectivity index (χ1) is 9.90. The summed E-state index contributed by atoms with van der Waals surface area (Å²) in [5.74, 6) is 0.545. The summed E-state index contributed by atoms with van der Waals surface area (Å²) in [5, 5.41) is 0. The number of hydrogen-bond acceptors (Lipinski definition) is 3. The Bertz CT molecular complexity index is 545. The van der Waals surface area contributed by atoms with Crippen LogP contribution in [0.25, 0.3) is 0 Å². The van der Waals surface area contributed by atoms with Crippen molar-refractivity contribution >= 4 is 34.7 Å². The quantitative estimate of drug-likeness (QED) is 0.594. The second-order valence-corrected chi connectivity index (χ2v) is 5.95. The lowest BCUT2D eigenvalue weighted by Crippen LogP contribution is -2.25. The van der Waals surface area contributed by atoms with Crippen LogP contribution >= 0.6 is 23.4 Å². The van der Waals surface area contributed by atoms with Crippen molar-refractivity contribution in [1.29, 1.82) is 0 Å². The van der Waals surface area contributed by atoms with Crippen molar-refractivity contribution in [1.82, 2.24) is 0 Å². The highest BCUT2D eigenvalue weighted by Gasteiger charge is 2.22. The second-order valence-electron chi connectivity index (χ2n) is 4.49. The van der Waals surface area contributed by atoms with E-state index in [4.69, 9.17) is 16.3 Å². The minimum Gasteiger partial charge on any atom is -0.378 e. The molecule has 0 aliphatic carbocycles. The molecule has 0 fully saturated rings. The summed E-state index contributed by atoms with van der Waals surface area (Å²) in [5.41, 5.74) is 2.51. The predicted octanol–water partition coefficient (Wildman–Crippen LogP) is 4.54. The molecule has 0 unspecified atom stereocenters. The number of nitrogens with zero attached hydrogens (tertiary/aromatic N) is 1. The Kier molecular flexibility index (Phi) is 4.51. The van der Waals surface area contributed by atoms with Gasteiger partial charge in [0.1, 0.15) is 0 Å². The molecular weight excluding hydrogens is 290 g/mol. The van der Waals surface area contributed by atoms with Gasteiger partial charge in [-0.3, -0.25) is 0 Å². The second kappa shape index (κ2) is 6.53. The van der Waals surface area contributed by atoms with Crippen molar-refractivity contribution in [3.05, 3.63) is 48.5 Å². The van der Waals surface area contributed by atoms with Gasteiger partial charge in [-0.2, -0.15) is 0 Å². The van der Waals surface area contributed by atoms with Crippen molar-refractivity contribution < 1.29 is 4.74 Å². The van der Waals surface area contributed by atoms with E-state index in [9.17, 15) is 0 Å². The molecule has 0 bridgehead atoms. The maximum absolute atomic E-state index is 5.64. The van der Waals surface area contributed by atoms with Crippen LogP contribution in [0.5, 0.6) is 0 Å². The summed E-state index contributed by atoms with van der Waals surface area (Å²) in [6.45, 7) is 2.12. The highest BCUT2D eigenvalue weighted by Crippen LogP contribution is 2.47. The molecule has 0 N–H and O–H groups in total. The summed E-state index contributed by atoms with van der Waals surface area (Å²) in [7, 11) is 0. The molecule has 0 atom stereocenters. The van der Waals surface area contributed by atoms with Gasteiger partial charge < -0.3 is 9.64 Å². The Morgan fingerprint density at radius 1 is 0.900 bits per heavy atom. The molecule has 2 aromatic carbocycles. The van der Waals surface area contributed by atoms with E-state index in [1.807, 2.05) is 11.8 Å². The summed E-state index contributed by atoms with van der Waals surface area (Å²) in [4.78, 5) is 4.92. The largest absolute Gasteiger partial charge is 0.378 e. The van der Waals surface area contributed by atoms with E-state index in [-0.39, 0.29) is 0 Å². The topological polar surface area (TPSA) is 12.5 Å². The molecule has 3 rings (SSSR count). The van der Waals surface area contributed by atoms with Crippen LogP contribution in [-0.4, -0.2) is 25.6 Å². The Morgan fingerprint density at radius 3 is 2.10 bits per heavy atom. The van der Waals surface area contributed by atoms with Crippen LogP contribution in [0, 0.1) is 0 Å². The van der Waals surface area contributed by atoms with Crippen LogP contribution in [0.3, 0.4) is 0 Å². The number of fused-ring (bicyclic) bond motifs is 2. The average molecular weight is 306 g/mol. The molecule has 0 spiro atoms. The lowest BCUT2D eigenvalue weighted by Gasteiger charge is -2.32. The molecule has 0 radical (unpaired) electrons. The van der Waals surface area contributed by atoms with E-state index >= 15 is 0 Å². The zero-order chi connectivity index (χ0) is 13.8. The predicted molar refractivity (Wildman–Crippen MR) is 85.6 cm³/mol. The Morgan fingerprint density at radius 2 is 1.50 bits per heavy atom. The third-order valence-electron chi connectivity index (χ3n) is 3.21. The minimum absolute atomic E-state index is 0.545. The highest BCUT2D eigenvalue weighted by atomic mass is 35.5. The van der Waals surface area contributed by atoms with E-state index < -0.39 is 0 Å². The third kappa shape index (κ3) is 2.80. The number of para-hydroxylation sites is 2. The Balaban J connectivity index is 1.87. The maximum Gasteiger partial charge on any atom is 0.0646 e. The van der Waals surface area contributed by atoms with E-state index in [0.717, 1.165) is 6.54 Å². The van der Waals surface area contributed by atoms with Gasteiger partial charge in [0.2, 0.25) is 0 Å². The molecule has 0 aromatic heterocycles. The van der Waals surface area contributed by atoms with E-state index in [0.29, 0.717) is 19.1 Å². The van der Waals surface area contributed by atoms with Gasteiger partial charge in [-0.1, -0.05) is 36.0 Å². The molecule has 4 heteroatoms. The molecule has 1 heterocycles. The minimum atomic E-state index is 0.545. The Labute approximate surface area is 128 Å². The smallest absolute Gasteiger partial charge is 0.0646 e. The number of ether oxygens (including phenoxy) is 1. The van der Waals surface area contributed by atoms with Gasteiger partial charge in [0, 0.05) is 22.2 Å². The van der Waals surface area contributed by atoms with Crippen molar-refractivity contribution in [3.63, 3.8) is 0 Å². The van der Waals surface area contributed by atoms with Crippen molar-refractivity contribution in [2.45, 2.75) is 9.79 Å². The first-order valence-corrected chi connectivity index (χ1v) is 8.02. The fraction of sp³-hybridized carbons (Fsp3) is 0.250. The molecule has 2 nitrogen and oxygen atoms in total. The summed E-state index contributed by atoms with van der Waals surface area (Å²) < 4.78 is 5.54. The first-order valence-electron chi connectivity index (χ1n) is 6.67. The number of alkyl halides is 1. The van der Waals surface area contributed by atoms with Gasteiger partial charge >= 0.3 is 0 Å². The lowest BCUT2D eigenvalue weighted by molar-refractivity contribution is 0.157. The van der Waals surface area contributed by atoms with Gasteiger partial charge in [-0.25, -0.2) is 0 Å². The van der Waals surface area contributed by atoms with Crippen molar-refractivity contribution in [2.75, 3.05) is 30.5 Å². The molecule has 2 aromatic rings. The first kappa shape index (κ1) is 13.8. The maximum atomic E-state index is 5.64. The molecular formula is C16H16ClNOS. The average Bonchev–Trinajstić information content (AvgIpc) is 2.50. The van der Waals surface area contributed by atoms with Crippen molar-refractivity contribution in [3.8, 4) is 0 Å². The van der Waals surface area contributed by atoms with Crippen LogP contribution in [-0.2, 0) is 4.74 Å². The monoisotopic (exact) mass is 305 g/mol. The Hall–Kier alpha value is -1.16. The molecule has 1 aliphatic heterocycles. The molecule has 104 valence electrons. The SMILES string of the molecule is ClCCOCCN1c2ccccc2Sc2ccccc21. The van der Waals surface area contributed by atoms with Gasteiger partial charge in [0.05, 0.1) is 24.6 Å². The zero-order valence-electron chi connectivity index (χ0n) is 11.1. The van der Waals surface area contributed by atoms with Gasteiger partial charge in [-0.15, -0.1) is 11.6 Å². The third-order valence-corrected chi connectivity index (χ3v) is 4.50. The summed E-state index contributed by atoms with van der Waals surface area (Å²) in [6.07, 6.45) is 0. The van der Waals surface area contributed by atoms with E-state index in [1.54, 1.807) is 0 Å². The van der Waals surface area contributed by atoms with Gasteiger partial charge in [-0.05, 0) is 24.3 Å². The van der Waals surface area contributed by atoms with E-state index in [2.05, 4.69) is 53.4 Å². The van der Waals surface area contributed by atoms with Crippen LogP contribution in [0.4, 0.5) is 11.4 Å². The number of benzene rings is 2. The summed E-state index contributed by atoms with van der Waals surface area (Å²) in [6, 6.07) is 17.0. The van der Waals surface area contributed by atoms with Crippen LogP contribution in [0.2, 0.25) is 0 Å². The van der Waals surface area contributed by atoms with E-state index in [1.165, 1.54) is 21.2 Å². The summed E-state index contributed by atoms with van der Waals surface area (Å²) >= 11 is 7.47. The molecule has 1 aliphatic rings. The number of rotatable bonds is 5. The standard InChI is InChI=1S/C16H16ClNOS/c17-9-11-19-12-10-18-13-5-1-3-7-15(13)20-16-8-4-2-6-14(16)18/h1-8H,9-12H2. The van der Waals surface area contributed by atoms with Gasteiger partial charge in [0.15, 0.2) is 0 Å². The van der Waals surface area contributed by atoms with Crippen molar-refractivity contribution in [2.24, 2.45) is 0 Å². The van der Waals surface area contributed by atoms with Crippen LogP contribution in [0.1, 0.15) is 0 Å². The lowest BCUT2D eigenvalue weighted by atomic mass is 10.2. The molecule has 0 saturated carbocycles. The zero-order valence-corrected chi connectivity index (χ0v) is 12.7. The number of hydrogen-bond donors (Lipinski definition) is 0. The fourth-order valence-corrected chi connectivity index (χ4v) is 3.54. The fourth-order valence-electron chi connectivity index (χ4n) is 2.33. The van der Waals surface area contributed by atoms with Crippen LogP contribution in [0.15, 0.2) is 58.3 Å². The van der Waals surface area contributed by atoms with Crippen LogP contribution < -0.4 is 4.90 Å². The molecule has 0 amide bonds. The van der Waals surface area contributed by atoms with Gasteiger partial charge in [0.25, 0.3) is 0 Å².